The Morgan fingerprint density at radius 2 is 1.62 bits per heavy atom. The Morgan fingerprint density at radius 3 is 2.41 bits per heavy atom. The highest BCUT2D eigenvalue weighted by Crippen LogP contribution is 2.33. The van der Waals surface area contributed by atoms with Crippen molar-refractivity contribution < 1.29 is 14.5 Å². The van der Waals surface area contributed by atoms with Gasteiger partial charge in [0.2, 0.25) is 0 Å². The molecule has 2 aliphatic heterocycles. The molecule has 3 aromatic rings. The van der Waals surface area contributed by atoms with Crippen molar-refractivity contribution in [3.8, 4) is 0 Å². The zero-order valence-corrected chi connectivity index (χ0v) is 18.5. The molecule has 164 valence electrons. The average molecular weight is 429 g/mol. The third-order valence-electron chi connectivity index (χ3n) is 7.16. The van der Waals surface area contributed by atoms with Crippen LogP contribution in [0.2, 0.25) is 0 Å². The maximum Gasteiger partial charge on any atom is 0.329 e. The zero-order chi connectivity index (χ0) is 22.1. The van der Waals surface area contributed by atoms with E-state index < -0.39 is 5.54 Å². The van der Waals surface area contributed by atoms with Gasteiger partial charge in [-0.25, -0.2) is 9.69 Å². The number of hydrogen-bond donors (Lipinski definition) is 2. The molecule has 0 aromatic heterocycles. The maximum atomic E-state index is 13.5. The normalized spacial score (nSPS) is 25.8. The maximum absolute atomic E-state index is 13.5. The molecule has 0 unspecified atom stereocenters. The molecule has 0 saturated carbocycles. The third kappa shape index (κ3) is 3.78. The molecule has 5 rings (SSSR count). The number of quaternary nitrogens is 1. The van der Waals surface area contributed by atoms with Crippen LogP contribution in [0.3, 0.4) is 0 Å². The van der Waals surface area contributed by atoms with Crippen LogP contribution in [-0.4, -0.2) is 36.6 Å². The number of amides is 3. The van der Waals surface area contributed by atoms with Gasteiger partial charge in [-0.15, -0.1) is 0 Å². The van der Waals surface area contributed by atoms with Gasteiger partial charge in [0.25, 0.3) is 5.91 Å². The van der Waals surface area contributed by atoms with E-state index in [2.05, 4.69) is 35.6 Å². The van der Waals surface area contributed by atoms with Crippen LogP contribution in [0.4, 0.5) is 4.79 Å². The summed E-state index contributed by atoms with van der Waals surface area (Å²) in [5, 5.41) is 5.06. The van der Waals surface area contributed by atoms with Crippen molar-refractivity contribution in [2.75, 3.05) is 19.8 Å². The van der Waals surface area contributed by atoms with E-state index in [1.54, 1.807) is 0 Å². The van der Waals surface area contributed by atoms with Crippen molar-refractivity contribution >= 4 is 22.7 Å². The van der Waals surface area contributed by atoms with E-state index in [1.807, 2.05) is 49.4 Å². The summed E-state index contributed by atoms with van der Waals surface area (Å²) in [5.74, 6) is 0.517. The van der Waals surface area contributed by atoms with Gasteiger partial charge >= 0.3 is 6.03 Å². The fourth-order valence-electron chi connectivity index (χ4n) is 5.30. The first kappa shape index (κ1) is 20.7. The highest BCUT2D eigenvalue weighted by molar-refractivity contribution is 6.09. The fourth-order valence-corrected chi connectivity index (χ4v) is 5.30. The molecule has 0 aliphatic carbocycles. The first-order valence-electron chi connectivity index (χ1n) is 11.5. The number of nitrogens with one attached hydrogen (secondary N) is 2. The number of piperidine rings is 1. The minimum absolute atomic E-state index is 0.155. The van der Waals surface area contributed by atoms with Crippen LogP contribution in [0, 0.1) is 5.92 Å². The Labute approximate surface area is 189 Å². The molecule has 0 bridgehead atoms. The Hall–Kier alpha value is -3.18. The van der Waals surface area contributed by atoms with Crippen LogP contribution in [0.1, 0.15) is 30.9 Å². The average Bonchev–Trinajstić information content (AvgIpc) is 3.04. The van der Waals surface area contributed by atoms with Crippen LogP contribution in [-0.2, 0) is 16.8 Å². The number of carbonyl (C=O) groups excluding carboxylic acids is 2. The summed E-state index contributed by atoms with van der Waals surface area (Å²) in [5.41, 5.74) is 1.21. The van der Waals surface area contributed by atoms with Gasteiger partial charge in [0.1, 0.15) is 5.54 Å². The monoisotopic (exact) mass is 428 g/mol. The second-order valence-corrected chi connectivity index (χ2v) is 9.36. The molecule has 32 heavy (non-hydrogen) atoms. The number of benzene rings is 3. The number of carbonyl (C=O) groups is 2. The number of rotatable bonds is 5. The molecule has 2 fully saturated rings. The van der Waals surface area contributed by atoms with Crippen molar-refractivity contribution in [1.82, 2.24) is 10.2 Å². The van der Waals surface area contributed by atoms with E-state index in [0.29, 0.717) is 12.6 Å². The summed E-state index contributed by atoms with van der Waals surface area (Å²) in [6.07, 6.45) is 3.35. The zero-order valence-electron chi connectivity index (χ0n) is 18.5. The predicted octanol–water partition coefficient (Wildman–Crippen LogP) is 3.10. The molecule has 2 aliphatic rings. The number of imide groups is 1. The van der Waals surface area contributed by atoms with Crippen LogP contribution in [0.25, 0.3) is 10.8 Å². The van der Waals surface area contributed by atoms with Crippen molar-refractivity contribution in [3.05, 3.63) is 83.9 Å². The van der Waals surface area contributed by atoms with Crippen molar-refractivity contribution in [2.24, 2.45) is 5.92 Å². The number of urea groups is 1. The Balaban J connectivity index is 1.27. The second kappa shape index (κ2) is 8.40. The summed E-state index contributed by atoms with van der Waals surface area (Å²) < 4.78 is 0. The molecular weight excluding hydrogens is 398 g/mol. The lowest BCUT2D eigenvalue weighted by Crippen LogP contribution is -3.14. The number of fused-ring (bicyclic) bond motifs is 1. The van der Waals surface area contributed by atoms with Gasteiger partial charge in [-0.2, -0.15) is 0 Å². The summed E-state index contributed by atoms with van der Waals surface area (Å²) in [6.45, 7) is 4.23. The highest BCUT2D eigenvalue weighted by Gasteiger charge is 2.50. The van der Waals surface area contributed by atoms with E-state index in [1.165, 1.54) is 15.4 Å². The van der Waals surface area contributed by atoms with E-state index in [0.717, 1.165) is 48.7 Å². The quantitative estimate of drug-likeness (QED) is 0.614. The van der Waals surface area contributed by atoms with Gasteiger partial charge in [-0.3, -0.25) is 4.79 Å². The van der Waals surface area contributed by atoms with E-state index in [9.17, 15) is 9.59 Å². The molecule has 2 heterocycles. The summed E-state index contributed by atoms with van der Waals surface area (Å²) >= 11 is 0. The molecule has 5 heteroatoms. The van der Waals surface area contributed by atoms with Gasteiger partial charge in [-0.1, -0.05) is 72.8 Å². The van der Waals surface area contributed by atoms with Crippen LogP contribution < -0.4 is 10.2 Å². The fraction of sp³-hybridized carbons (Fsp3) is 0.333. The molecule has 0 radical (unpaired) electrons. The van der Waals surface area contributed by atoms with E-state index >= 15 is 0 Å². The molecule has 3 aromatic carbocycles. The van der Waals surface area contributed by atoms with Crippen LogP contribution in [0.15, 0.2) is 72.8 Å². The molecule has 2 saturated heterocycles. The molecular formula is C27H30N3O2+. The Kier molecular flexibility index (Phi) is 5.43. The highest BCUT2D eigenvalue weighted by atomic mass is 16.2. The molecule has 0 spiro atoms. The number of hydrogen-bond acceptors (Lipinski definition) is 2. The number of nitrogens with zero attached hydrogens (tertiary/aromatic N) is 1. The van der Waals surface area contributed by atoms with Gasteiger partial charge in [0.05, 0.1) is 13.1 Å². The smallest absolute Gasteiger partial charge is 0.319 e. The minimum Gasteiger partial charge on any atom is -0.319 e. The summed E-state index contributed by atoms with van der Waals surface area (Å²) in [7, 11) is 0. The summed E-state index contributed by atoms with van der Waals surface area (Å²) in [6, 6.07) is 24.3. The van der Waals surface area contributed by atoms with Crippen molar-refractivity contribution in [3.63, 3.8) is 0 Å². The lowest BCUT2D eigenvalue weighted by atomic mass is 9.88. The molecule has 5 nitrogen and oxygen atoms in total. The SMILES string of the molecule is C[C@@]1(c2cccc3ccccc23)NC(=O)N(C[NH+]2CCC(Cc3ccccc3)CC2)C1=O. The standard InChI is InChI=1S/C27H29N3O2/c1-27(24-13-7-11-22-10-5-6-12-23(22)24)25(31)30(26(32)28-27)19-29-16-14-21(15-17-29)18-20-8-3-2-4-9-20/h2-13,21H,14-19H2,1H3,(H,28,32)/p+1/t27-/m0/s1. The number of likely N-dealkylation sites (tertiary alicyclic amines) is 1. The van der Waals surface area contributed by atoms with Crippen LogP contribution >= 0.6 is 0 Å². The Bertz CT molecular complexity index is 1130. The molecule has 1 atom stereocenters. The van der Waals surface area contributed by atoms with Crippen molar-refractivity contribution in [2.45, 2.75) is 31.7 Å². The third-order valence-corrected chi connectivity index (χ3v) is 7.16. The van der Waals surface area contributed by atoms with Crippen LogP contribution in [0.5, 0.6) is 0 Å². The van der Waals surface area contributed by atoms with Gasteiger partial charge in [0.15, 0.2) is 6.67 Å². The lowest BCUT2D eigenvalue weighted by molar-refractivity contribution is -0.913. The molecule has 2 N–H and O–H groups in total. The predicted molar refractivity (Wildman–Crippen MR) is 125 cm³/mol. The topological polar surface area (TPSA) is 53.9 Å². The van der Waals surface area contributed by atoms with Gasteiger partial charge < -0.3 is 10.2 Å². The van der Waals surface area contributed by atoms with E-state index in [4.69, 9.17) is 0 Å². The summed E-state index contributed by atoms with van der Waals surface area (Å²) in [4.78, 5) is 29.1. The van der Waals surface area contributed by atoms with E-state index in [-0.39, 0.29) is 11.9 Å². The van der Waals surface area contributed by atoms with Gasteiger partial charge in [0, 0.05) is 0 Å². The first-order chi connectivity index (χ1) is 15.5. The minimum atomic E-state index is -1.04. The first-order valence-corrected chi connectivity index (χ1v) is 11.5. The largest absolute Gasteiger partial charge is 0.329 e. The Morgan fingerprint density at radius 1 is 0.938 bits per heavy atom. The van der Waals surface area contributed by atoms with Gasteiger partial charge in [-0.05, 0) is 54.0 Å². The molecule has 3 amide bonds. The van der Waals surface area contributed by atoms with Crippen molar-refractivity contribution in [1.29, 1.82) is 0 Å². The second-order valence-electron chi connectivity index (χ2n) is 9.36. The lowest BCUT2D eigenvalue weighted by Gasteiger charge is -2.31.